The molecule has 1 N–H and O–H groups in total. The maximum atomic E-state index is 7.29. The molecule has 0 bridgehead atoms. The number of hydrogen-bond donors (Lipinski definition) is 1. The van der Waals surface area contributed by atoms with E-state index in [1.165, 1.54) is 6.92 Å². The molecule has 1 aromatic rings. The van der Waals surface area contributed by atoms with Crippen molar-refractivity contribution in [1.29, 1.82) is 0 Å². The lowest BCUT2D eigenvalue weighted by molar-refractivity contribution is 0.414. The van der Waals surface area contributed by atoms with Crippen LogP contribution in [0.25, 0.3) is 0 Å². The van der Waals surface area contributed by atoms with Gasteiger partial charge >= 0.3 is 0 Å². The van der Waals surface area contributed by atoms with Gasteiger partial charge in [-0.2, -0.15) is 0 Å². The first-order valence-corrected chi connectivity index (χ1v) is 3.89. The van der Waals surface area contributed by atoms with Gasteiger partial charge in [-0.25, -0.2) is 0 Å². The fourth-order valence-corrected chi connectivity index (χ4v) is 0.934. The molecule has 0 radical (unpaired) electrons. The van der Waals surface area contributed by atoms with Gasteiger partial charge in [0.2, 0.25) is 0 Å². The molecule has 0 spiro atoms. The van der Waals surface area contributed by atoms with Gasteiger partial charge in [0, 0.05) is 9.29 Å². The zero-order valence-electron chi connectivity index (χ0n) is 9.42. The quantitative estimate of drug-likeness (QED) is 0.738. The molecule has 12 heavy (non-hydrogen) atoms. The number of rotatable bonds is 4. The van der Waals surface area contributed by atoms with Gasteiger partial charge in [-0.05, 0) is 24.2 Å². The molecular weight excluding hydrogens is 150 g/mol. The van der Waals surface area contributed by atoms with Gasteiger partial charge in [0.25, 0.3) is 0 Å². The zero-order valence-corrected chi connectivity index (χ0v) is 7.42. The Hall–Kier alpha value is -1.02. The minimum Gasteiger partial charge on any atom is -0.497 e. The van der Waals surface area contributed by atoms with Crippen LogP contribution < -0.4 is 10.1 Å². The summed E-state index contributed by atoms with van der Waals surface area (Å²) in [4.78, 5) is 0. The van der Waals surface area contributed by atoms with Gasteiger partial charge in [0.1, 0.15) is 5.75 Å². The van der Waals surface area contributed by atoms with Crippen LogP contribution in [0, 0.1) is 0 Å². The Labute approximate surface area is 76.4 Å². The number of hydrogen-bond acceptors (Lipinski definition) is 2. The van der Waals surface area contributed by atoms with Crippen LogP contribution in [0.5, 0.6) is 5.75 Å². The van der Waals surface area contributed by atoms with Gasteiger partial charge < -0.3 is 10.1 Å². The second-order valence-electron chi connectivity index (χ2n) is 2.45. The Bertz CT molecular complexity index is 279. The molecule has 0 aliphatic heterocycles. The number of ether oxygens (including phenoxy) is 1. The molecule has 0 atom stereocenters. The van der Waals surface area contributed by atoms with E-state index in [9.17, 15) is 0 Å². The summed E-state index contributed by atoms with van der Waals surface area (Å²) in [5, 5.41) is 2.77. The van der Waals surface area contributed by atoms with Crippen molar-refractivity contribution in [2.24, 2.45) is 0 Å². The van der Waals surface area contributed by atoms with Crippen molar-refractivity contribution in [2.75, 3.05) is 13.6 Å². The average molecular weight is 167 g/mol. The highest BCUT2D eigenvalue weighted by Crippen LogP contribution is 2.10. The van der Waals surface area contributed by atoms with Crippen LogP contribution >= 0.6 is 0 Å². The van der Waals surface area contributed by atoms with Gasteiger partial charge in [0.05, 0.1) is 7.11 Å². The molecule has 0 aromatic heterocycles. The third-order valence-corrected chi connectivity index (χ3v) is 1.63. The molecule has 1 rings (SSSR count). The van der Waals surface area contributed by atoms with Crippen LogP contribution in [0.2, 0.25) is 0 Å². The molecule has 1 aromatic carbocycles. The summed E-state index contributed by atoms with van der Waals surface area (Å²) < 4.78 is 19.6. The minimum atomic E-state index is -1.33. The Kier molecular flexibility index (Phi) is 2.58. The van der Waals surface area contributed by atoms with Gasteiger partial charge in [-0.1, -0.05) is 19.1 Å². The number of benzene rings is 1. The SMILES string of the molecule is [2H]C([2H])(C)NCc1ccc(OC)cc1. The zero-order chi connectivity index (χ0) is 10.6. The molecule has 0 fully saturated rings. The molecule has 0 heterocycles. The molecule has 0 saturated carbocycles. The molecule has 0 aliphatic rings. The van der Waals surface area contributed by atoms with E-state index < -0.39 is 6.50 Å². The largest absolute Gasteiger partial charge is 0.497 e. The van der Waals surface area contributed by atoms with Crippen molar-refractivity contribution in [3.8, 4) is 5.75 Å². The molecule has 0 aliphatic carbocycles. The van der Waals surface area contributed by atoms with Crippen LogP contribution in [0.15, 0.2) is 24.3 Å². The van der Waals surface area contributed by atoms with E-state index in [0.717, 1.165) is 11.3 Å². The van der Waals surface area contributed by atoms with Crippen LogP contribution in [0.1, 0.15) is 15.2 Å². The fourth-order valence-electron chi connectivity index (χ4n) is 0.934. The van der Waals surface area contributed by atoms with E-state index in [1.807, 2.05) is 24.3 Å². The third kappa shape index (κ3) is 2.55. The highest BCUT2D eigenvalue weighted by molar-refractivity contribution is 5.26. The predicted molar refractivity (Wildman–Crippen MR) is 50.4 cm³/mol. The Morgan fingerprint density at radius 3 is 2.58 bits per heavy atom. The summed E-state index contributed by atoms with van der Waals surface area (Å²) in [5.41, 5.74) is 1.04. The van der Waals surface area contributed by atoms with Gasteiger partial charge in [0.15, 0.2) is 0 Å². The monoisotopic (exact) mass is 167 g/mol. The highest BCUT2D eigenvalue weighted by atomic mass is 16.5. The summed E-state index contributed by atoms with van der Waals surface area (Å²) in [7, 11) is 1.62. The van der Waals surface area contributed by atoms with E-state index in [-0.39, 0.29) is 0 Å². The van der Waals surface area contributed by atoms with E-state index in [1.54, 1.807) is 7.11 Å². The van der Waals surface area contributed by atoms with E-state index in [2.05, 4.69) is 5.32 Å². The Morgan fingerprint density at radius 2 is 2.08 bits per heavy atom. The summed E-state index contributed by atoms with van der Waals surface area (Å²) in [6.07, 6.45) is 0. The summed E-state index contributed by atoms with van der Waals surface area (Å²) in [6.45, 7) is 0.684. The molecule has 2 heteroatoms. The molecule has 66 valence electrons. The maximum Gasteiger partial charge on any atom is 0.118 e. The van der Waals surface area contributed by atoms with Crippen molar-refractivity contribution < 1.29 is 7.48 Å². The first kappa shape index (κ1) is 6.49. The number of methoxy groups -OCH3 is 1. The molecule has 0 saturated heterocycles. The van der Waals surface area contributed by atoms with Crippen molar-refractivity contribution in [1.82, 2.24) is 5.32 Å². The smallest absolute Gasteiger partial charge is 0.118 e. The van der Waals surface area contributed by atoms with Gasteiger partial charge in [-0.15, -0.1) is 0 Å². The van der Waals surface area contributed by atoms with Crippen molar-refractivity contribution >= 4 is 0 Å². The van der Waals surface area contributed by atoms with Gasteiger partial charge in [-0.3, -0.25) is 0 Å². The van der Waals surface area contributed by atoms with E-state index in [4.69, 9.17) is 7.48 Å². The van der Waals surface area contributed by atoms with Crippen LogP contribution in [0.4, 0.5) is 0 Å². The van der Waals surface area contributed by atoms with Crippen molar-refractivity contribution in [2.45, 2.75) is 13.5 Å². The first-order valence-electron chi connectivity index (χ1n) is 4.89. The average Bonchev–Trinajstić information content (AvgIpc) is 2.14. The maximum absolute atomic E-state index is 7.29. The topological polar surface area (TPSA) is 21.3 Å². The predicted octanol–water partition coefficient (Wildman–Crippen LogP) is 1.80. The lowest BCUT2D eigenvalue weighted by Crippen LogP contribution is -2.11. The summed E-state index contributed by atoms with van der Waals surface area (Å²) >= 11 is 0. The normalized spacial score (nSPS) is 13.5. The highest BCUT2D eigenvalue weighted by Gasteiger charge is 1.91. The van der Waals surface area contributed by atoms with Crippen LogP contribution in [0.3, 0.4) is 0 Å². The molecule has 0 amide bonds. The lowest BCUT2D eigenvalue weighted by atomic mass is 10.2. The van der Waals surface area contributed by atoms with E-state index in [0.29, 0.717) is 6.54 Å². The van der Waals surface area contributed by atoms with Crippen molar-refractivity contribution in [3.05, 3.63) is 29.8 Å². The number of nitrogens with one attached hydrogen (secondary N) is 1. The van der Waals surface area contributed by atoms with Crippen molar-refractivity contribution in [3.63, 3.8) is 0 Å². The Morgan fingerprint density at radius 1 is 1.42 bits per heavy atom. The first-order chi connectivity index (χ1) is 6.51. The lowest BCUT2D eigenvalue weighted by Gasteiger charge is -2.03. The minimum absolute atomic E-state index is 0.521. The molecule has 0 unspecified atom stereocenters. The van der Waals surface area contributed by atoms with Crippen LogP contribution in [-0.4, -0.2) is 13.6 Å². The summed E-state index contributed by atoms with van der Waals surface area (Å²) in [6, 6.07) is 7.56. The standard InChI is InChI=1S/C10H15NO/c1-3-11-8-9-4-6-10(12-2)7-5-9/h4-7,11H,3,8H2,1-2H3/i3D2. The Balaban J connectivity index is 2.52. The summed E-state index contributed by atoms with van der Waals surface area (Å²) in [5.74, 6) is 0.813. The van der Waals surface area contributed by atoms with E-state index >= 15 is 0 Å². The second kappa shape index (κ2) is 4.78. The molecule has 2 nitrogen and oxygen atoms in total. The second-order valence-corrected chi connectivity index (χ2v) is 2.45. The van der Waals surface area contributed by atoms with Crippen LogP contribution in [-0.2, 0) is 6.54 Å². The third-order valence-electron chi connectivity index (χ3n) is 1.63. The fraction of sp³-hybridized carbons (Fsp3) is 0.400. The molecular formula is C10H15NO.